The molecule has 0 atom stereocenters. The summed E-state index contributed by atoms with van der Waals surface area (Å²) in [6, 6.07) is 6.08. The van der Waals surface area contributed by atoms with E-state index in [1.165, 1.54) is 0 Å². The molecule has 1 aliphatic heterocycles. The number of hydrogen-bond acceptors (Lipinski definition) is 3. The summed E-state index contributed by atoms with van der Waals surface area (Å²) in [6.07, 6.45) is 1.74. The van der Waals surface area contributed by atoms with Crippen LogP contribution in [0.3, 0.4) is 0 Å². The molecule has 0 bridgehead atoms. The third kappa shape index (κ3) is 2.77. The Labute approximate surface area is 132 Å². The Kier molecular flexibility index (Phi) is 3.57. The van der Waals surface area contributed by atoms with E-state index in [0.717, 1.165) is 24.0 Å². The van der Waals surface area contributed by atoms with Crippen LogP contribution in [0.5, 0.6) is 0 Å². The van der Waals surface area contributed by atoms with Crippen molar-refractivity contribution in [2.75, 3.05) is 0 Å². The lowest BCUT2D eigenvalue weighted by Gasteiger charge is -2.30. The zero-order chi connectivity index (χ0) is 16.1. The van der Waals surface area contributed by atoms with Gasteiger partial charge in [0, 0.05) is 17.2 Å². The van der Waals surface area contributed by atoms with Gasteiger partial charge in [-0.05, 0) is 65.2 Å². The molecule has 1 saturated carbocycles. The lowest BCUT2D eigenvalue weighted by Crippen LogP contribution is -2.41. The zero-order valence-corrected chi connectivity index (χ0v) is 14.0. The third-order valence-corrected chi connectivity index (χ3v) is 4.96. The molecule has 3 rings (SSSR count). The predicted molar refractivity (Wildman–Crippen MR) is 84.7 cm³/mol. The van der Waals surface area contributed by atoms with Crippen LogP contribution >= 0.6 is 0 Å². The van der Waals surface area contributed by atoms with E-state index in [0.29, 0.717) is 11.6 Å². The van der Waals surface area contributed by atoms with E-state index in [2.05, 4.69) is 5.32 Å². The van der Waals surface area contributed by atoms with Crippen LogP contribution in [0.4, 0.5) is 0 Å². The molecule has 0 spiro atoms. The van der Waals surface area contributed by atoms with Crippen LogP contribution in [-0.2, 0) is 9.47 Å². The summed E-state index contributed by atoms with van der Waals surface area (Å²) in [5, 5.41) is 3.02. The quantitative estimate of drug-likeness (QED) is 0.930. The molecule has 1 N–H and O–H groups in total. The van der Waals surface area contributed by atoms with Gasteiger partial charge in [-0.2, -0.15) is 0 Å². The Hall–Kier alpha value is -1.39. The van der Waals surface area contributed by atoms with Crippen LogP contribution in [0.25, 0.3) is 0 Å². The Bertz CT molecular complexity index is 586. The summed E-state index contributed by atoms with van der Waals surface area (Å²) >= 11 is 0. The molecule has 120 valence electrons. The van der Waals surface area contributed by atoms with E-state index in [1.54, 1.807) is 0 Å². The molecule has 1 saturated heterocycles. The van der Waals surface area contributed by atoms with Crippen molar-refractivity contribution in [3.05, 3.63) is 34.9 Å². The van der Waals surface area contributed by atoms with Crippen molar-refractivity contribution >= 4 is 5.91 Å². The van der Waals surface area contributed by atoms with E-state index in [9.17, 15) is 4.79 Å². The van der Waals surface area contributed by atoms with Gasteiger partial charge in [-0.1, -0.05) is 6.07 Å². The highest BCUT2D eigenvalue weighted by Gasteiger charge is 2.49. The van der Waals surface area contributed by atoms with Gasteiger partial charge in [0.25, 0.3) is 5.91 Å². The molecule has 1 aromatic carbocycles. The topological polar surface area (TPSA) is 47.6 Å². The summed E-state index contributed by atoms with van der Waals surface area (Å²) in [4.78, 5) is 12.2. The van der Waals surface area contributed by atoms with Gasteiger partial charge in [0.05, 0.1) is 11.2 Å². The lowest BCUT2D eigenvalue weighted by molar-refractivity contribution is -0.0899. The molecule has 1 aromatic rings. The molecule has 2 aliphatic rings. The van der Waals surface area contributed by atoms with Crippen LogP contribution in [0.1, 0.15) is 68.3 Å². The molecule has 4 heteroatoms. The Morgan fingerprint density at radius 3 is 2.27 bits per heavy atom. The molecule has 0 radical (unpaired) electrons. The Morgan fingerprint density at radius 1 is 1.14 bits per heavy atom. The van der Waals surface area contributed by atoms with E-state index in [1.807, 2.05) is 52.8 Å². The van der Waals surface area contributed by atoms with E-state index in [4.69, 9.17) is 9.47 Å². The molecule has 1 amide bonds. The van der Waals surface area contributed by atoms with Gasteiger partial charge in [-0.3, -0.25) is 4.79 Å². The lowest BCUT2D eigenvalue weighted by atomic mass is 9.90. The summed E-state index contributed by atoms with van der Waals surface area (Å²) in [5.41, 5.74) is 1.91. The molecule has 0 aromatic heterocycles. The fourth-order valence-electron chi connectivity index (χ4n) is 2.50. The summed E-state index contributed by atoms with van der Waals surface area (Å²) in [5.74, 6) is -0.0136. The fraction of sp³-hybridized carbons (Fsp3) is 0.611. The number of nitrogens with one attached hydrogen (secondary N) is 1. The van der Waals surface area contributed by atoms with Crippen molar-refractivity contribution in [3.63, 3.8) is 0 Å². The first kappa shape index (κ1) is 15.5. The van der Waals surface area contributed by atoms with Crippen molar-refractivity contribution in [2.45, 2.75) is 71.0 Å². The number of carbonyl (C=O) groups is 1. The van der Waals surface area contributed by atoms with Gasteiger partial charge in [0.1, 0.15) is 0 Å². The average Bonchev–Trinajstić information content (AvgIpc) is 3.17. The molecule has 22 heavy (non-hydrogen) atoms. The minimum Gasteiger partial charge on any atom is -0.349 e. The van der Waals surface area contributed by atoms with Crippen molar-refractivity contribution in [1.82, 2.24) is 5.32 Å². The largest absolute Gasteiger partial charge is 0.349 e. The Morgan fingerprint density at radius 2 is 1.73 bits per heavy atom. The van der Waals surface area contributed by atoms with Gasteiger partial charge in [-0.15, -0.1) is 0 Å². The van der Waals surface area contributed by atoms with Crippen LogP contribution in [-0.4, -0.2) is 23.2 Å². The average molecular weight is 303 g/mol. The highest BCUT2D eigenvalue weighted by Crippen LogP contribution is 2.45. The van der Waals surface area contributed by atoms with E-state index >= 15 is 0 Å². The number of rotatable bonds is 3. The third-order valence-electron chi connectivity index (χ3n) is 4.96. The van der Waals surface area contributed by atoms with Crippen molar-refractivity contribution < 1.29 is 14.3 Å². The molecule has 1 heterocycles. The van der Waals surface area contributed by atoms with Crippen LogP contribution < -0.4 is 5.32 Å². The molecule has 1 aliphatic carbocycles. The molecular weight excluding hydrogens is 278 g/mol. The molecular formula is C18H25NO3. The second-order valence-electron chi connectivity index (χ2n) is 7.41. The summed E-state index contributed by atoms with van der Waals surface area (Å²) in [6.45, 7) is 10.2. The van der Waals surface area contributed by atoms with Crippen LogP contribution in [0.15, 0.2) is 18.2 Å². The number of amides is 1. The minimum absolute atomic E-state index is 0.0136. The zero-order valence-electron chi connectivity index (χ0n) is 14.0. The van der Waals surface area contributed by atoms with Gasteiger partial charge >= 0.3 is 0 Å². The maximum Gasteiger partial charge on any atom is 0.251 e. The van der Waals surface area contributed by atoms with Gasteiger partial charge in [0.2, 0.25) is 0 Å². The monoisotopic (exact) mass is 303 g/mol. The normalized spacial score (nSPS) is 23.5. The van der Waals surface area contributed by atoms with E-state index < -0.39 is 6.29 Å². The van der Waals surface area contributed by atoms with Crippen LogP contribution in [0, 0.1) is 6.92 Å². The first-order valence-electron chi connectivity index (χ1n) is 7.97. The predicted octanol–water partition coefficient (Wildman–Crippen LogP) is 3.49. The van der Waals surface area contributed by atoms with Crippen molar-refractivity contribution in [3.8, 4) is 0 Å². The summed E-state index contributed by atoms with van der Waals surface area (Å²) < 4.78 is 12.2. The standard InChI is InChI=1S/C18H25NO3/c1-11-6-7-12(15(20)19-13-8-9-13)10-14(11)16-21-17(2,3)18(4,5)22-16/h6-7,10,13,16H,8-9H2,1-5H3,(H,19,20). The van der Waals surface area contributed by atoms with Gasteiger partial charge < -0.3 is 14.8 Å². The fourth-order valence-corrected chi connectivity index (χ4v) is 2.50. The smallest absolute Gasteiger partial charge is 0.251 e. The van der Waals surface area contributed by atoms with Gasteiger partial charge in [0.15, 0.2) is 6.29 Å². The maximum atomic E-state index is 12.2. The van der Waals surface area contributed by atoms with Gasteiger partial charge in [-0.25, -0.2) is 0 Å². The number of carbonyl (C=O) groups excluding carboxylic acids is 1. The minimum atomic E-state index is -0.432. The molecule has 0 unspecified atom stereocenters. The van der Waals surface area contributed by atoms with E-state index in [-0.39, 0.29) is 17.1 Å². The molecule has 4 nitrogen and oxygen atoms in total. The maximum absolute atomic E-state index is 12.2. The number of benzene rings is 1. The summed E-state index contributed by atoms with van der Waals surface area (Å²) in [7, 11) is 0. The number of aryl methyl sites for hydroxylation is 1. The highest BCUT2D eigenvalue weighted by molar-refractivity contribution is 5.94. The second-order valence-corrected chi connectivity index (χ2v) is 7.41. The number of ether oxygens (including phenoxy) is 2. The van der Waals surface area contributed by atoms with Crippen molar-refractivity contribution in [1.29, 1.82) is 0 Å². The number of hydrogen-bond donors (Lipinski definition) is 1. The SMILES string of the molecule is Cc1ccc(C(=O)NC2CC2)cc1C1OC(C)(C)C(C)(C)O1. The molecule has 2 fully saturated rings. The first-order valence-corrected chi connectivity index (χ1v) is 7.97. The Balaban J connectivity index is 1.86. The van der Waals surface area contributed by atoms with Crippen molar-refractivity contribution in [2.24, 2.45) is 0 Å². The van der Waals surface area contributed by atoms with Crippen LogP contribution in [0.2, 0.25) is 0 Å². The first-order chi connectivity index (χ1) is 10.2. The highest BCUT2D eigenvalue weighted by atomic mass is 16.7. The second kappa shape index (κ2) is 5.07.